The second-order valence-electron chi connectivity index (χ2n) is 6.13. The Labute approximate surface area is 152 Å². The summed E-state index contributed by atoms with van der Waals surface area (Å²) < 4.78 is 1.80. The number of nitrogens with zero attached hydrogens (tertiary/aromatic N) is 2. The number of benzene rings is 2. The first kappa shape index (κ1) is 17.6. The van der Waals surface area contributed by atoms with Gasteiger partial charge in [0.2, 0.25) is 0 Å². The summed E-state index contributed by atoms with van der Waals surface area (Å²) in [7, 11) is 0. The summed E-state index contributed by atoms with van der Waals surface area (Å²) in [6, 6.07) is 14.2. The van der Waals surface area contributed by atoms with Gasteiger partial charge in [-0.2, -0.15) is 5.10 Å². The summed E-state index contributed by atoms with van der Waals surface area (Å²) >= 11 is 0. The first-order valence-corrected chi connectivity index (χ1v) is 8.58. The monoisotopic (exact) mass is 347 g/mol. The van der Waals surface area contributed by atoms with Gasteiger partial charge >= 0.3 is 0 Å². The maximum Gasteiger partial charge on any atom is 0.252 e. The van der Waals surface area contributed by atoms with E-state index >= 15 is 0 Å². The standard InChI is InChI=1S/C21H21N3O2/c1-3-24-14-16(13-23-24)12-22-21(26)19-7-5-4-6-18(19)20(25)17-10-8-15(2)9-11-17/h4-11,13-14H,3,12H2,1-2H3,(H,22,26). The predicted molar refractivity (Wildman–Crippen MR) is 100 cm³/mol. The number of hydrogen-bond donors (Lipinski definition) is 1. The van der Waals surface area contributed by atoms with Gasteiger partial charge in [-0.15, -0.1) is 0 Å². The lowest BCUT2D eigenvalue weighted by Gasteiger charge is -2.09. The zero-order valence-corrected chi connectivity index (χ0v) is 14.9. The predicted octanol–water partition coefficient (Wildman–Crippen LogP) is 3.37. The number of hydrogen-bond acceptors (Lipinski definition) is 3. The third-order valence-corrected chi connectivity index (χ3v) is 4.19. The highest BCUT2D eigenvalue weighted by Crippen LogP contribution is 2.16. The quantitative estimate of drug-likeness (QED) is 0.695. The van der Waals surface area contributed by atoms with Crippen molar-refractivity contribution in [3.63, 3.8) is 0 Å². The molecule has 0 spiro atoms. The minimum Gasteiger partial charge on any atom is -0.348 e. The van der Waals surface area contributed by atoms with Gasteiger partial charge in [0.1, 0.15) is 0 Å². The molecular formula is C21H21N3O2. The van der Waals surface area contributed by atoms with Crippen LogP contribution in [0.5, 0.6) is 0 Å². The van der Waals surface area contributed by atoms with Crippen LogP contribution in [0.4, 0.5) is 0 Å². The number of aryl methyl sites for hydroxylation is 2. The van der Waals surface area contributed by atoms with Crippen LogP contribution < -0.4 is 5.32 Å². The van der Waals surface area contributed by atoms with Gasteiger partial charge < -0.3 is 5.32 Å². The fourth-order valence-corrected chi connectivity index (χ4v) is 2.69. The largest absolute Gasteiger partial charge is 0.348 e. The molecule has 26 heavy (non-hydrogen) atoms. The van der Waals surface area contributed by atoms with Gasteiger partial charge in [-0.1, -0.05) is 48.0 Å². The Morgan fingerprint density at radius 2 is 1.73 bits per heavy atom. The van der Waals surface area contributed by atoms with Crippen LogP contribution in [0.15, 0.2) is 60.9 Å². The first-order valence-electron chi connectivity index (χ1n) is 8.58. The smallest absolute Gasteiger partial charge is 0.252 e. The third-order valence-electron chi connectivity index (χ3n) is 4.19. The van der Waals surface area contributed by atoms with Crippen molar-refractivity contribution in [2.45, 2.75) is 26.9 Å². The van der Waals surface area contributed by atoms with Crippen molar-refractivity contribution in [2.24, 2.45) is 0 Å². The molecule has 0 saturated carbocycles. The Balaban J connectivity index is 1.78. The van der Waals surface area contributed by atoms with Gasteiger partial charge in [0, 0.05) is 36.0 Å². The molecule has 0 radical (unpaired) electrons. The van der Waals surface area contributed by atoms with Crippen molar-refractivity contribution < 1.29 is 9.59 Å². The molecular weight excluding hydrogens is 326 g/mol. The van der Waals surface area contributed by atoms with Gasteiger partial charge in [0.15, 0.2) is 5.78 Å². The fourth-order valence-electron chi connectivity index (χ4n) is 2.69. The van der Waals surface area contributed by atoms with E-state index < -0.39 is 0 Å². The lowest BCUT2D eigenvalue weighted by Crippen LogP contribution is -2.25. The number of ketones is 1. The SMILES string of the molecule is CCn1cc(CNC(=O)c2ccccc2C(=O)c2ccc(C)cc2)cn1. The summed E-state index contributed by atoms with van der Waals surface area (Å²) in [6.07, 6.45) is 3.62. The topological polar surface area (TPSA) is 64.0 Å². The van der Waals surface area contributed by atoms with Crippen LogP contribution in [-0.2, 0) is 13.1 Å². The molecule has 132 valence electrons. The number of aromatic nitrogens is 2. The molecule has 1 N–H and O–H groups in total. The van der Waals surface area contributed by atoms with Crippen molar-refractivity contribution >= 4 is 11.7 Å². The number of amides is 1. The normalized spacial score (nSPS) is 10.5. The van der Waals surface area contributed by atoms with E-state index in [1.165, 1.54) is 0 Å². The molecule has 0 unspecified atom stereocenters. The minimum absolute atomic E-state index is 0.158. The molecule has 3 rings (SSSR count). The van der Waals surface area contributed by atoms with E-state index in [1.807, 2.05) is 32.2 Å². The Morgan fingerprint density at radius 1 is 1.04 bits per heavy atom. The number of carbonyl (C=O) groups excluding carboxylic acids is 2. The first-order chi connectivity index (χ1) is 12.6. The molecule has 1 heterocycles. The zero-order valence-electron chi connectivity index (χ0n) is 14.9. The van der Waals surface area contributed by atoms with Gasteiger partial charge in [0.05, 0.1) is 11.8 Å². The third kappa shape index (κ3) is 3.88. The van der Waals surface area contributed by atoms with Crippen LogP contribution in [-0.4, -0.2) is 21.5 Å². The Hall–Kier alpha value is -3.21. The fraction of sp³-hybridized carbons (Fsp3) is 0.190. The molecule has 0 fully saturated rings. The molecule has 0 saturated heterocycles. The lowest BCUT2D eigenvalue weighted by atomic mass is 9.97. The van der Waals surface area contributed by atoms with Crippen molar-refractivity contribution in [1.29, 1.82) is 0 Å². The summed E-state index contributed by atoms with van der Waals surface area (Å²) in [5.74, 6) is -0.431. The molecule has 0 aliphatic rings. The molecule has 5 nitrogen and oxygen atoms in total. The highest BCUT2D eigenvalue weighted by atomic mass is 16.2. The van der Waals surface area contributed by atoms with E-state index in [0.29, 0.717) is 23.2 Å². The molecule has 0 bridgehead atoms. The molecule has 0 aliphatic carbocycles. The number of nitrogens with one attached hydrogen (secondary N) is 1. The van der Waals surface area contributed by atoms with Gasteiger partial charge in [0.25, 0.3) is 5.91 Å². The molecule has 0 aliphatic heterocycles. The highest BCUT2D eigenvalue weighted by molar-refractivity contribution is 6.15. The van der Waals surface area contributed by atoms with Gasteiger partial charge in [-0.05, 0) is 19.9 Å². The summed E-state index contributed by atoms with van der Waals surface area (Å²) in [5, 5.41) is 7.05. The highest BCUT2D eigenvalue weighted by Gasteiger charge is 2.18. The number of carbonyl (C=O) groups is 2. The van der Waals surface area contributed by atoms with Crippen molar-refractivity contribution in [3.05, 3.63) is 88.7 Å². The Morgan fingerprint density at radius 3 is 2.38 bits per heavy atom. The van der Waals surface area contributed by atoms with E-state index in [4.69, 9.17) is 0 Å². The summed E-state index contributed by atoms with van der Waals surface area (Å²) in [4.78, 5) is 25.4. The Kier molecular flexibility index (Phi) is 5.27. The van der Waals surface area contributed by atoms with Crippen molar-refractivity contribution in [3.8, 4) is 0 Å². The number of rotatable bonds is 6. The van der Waals surface area contributed by atoms with E-state index in [1.54, 1.807) is 47.3 Å². The van der Waals surface area contributed by atoms with Crippen LogP contribution in [0.25, 0.3) is 0 Å². The maximum atomic E-state index is 12.8. The van der Waals surface area contributed by atoms with Gasteiger partial charge in [-0.3, -0.25) is 14.3 Å². The van der Waals surface area contributed by atoms with Crippen LogP contribution in [0.3, 0.4) is 0 Å². The zero-order chi connectivity index (χ0) is 18.5. The van der Waals surface area contributed by atoms with Crippen molar-refractivity contribution in [2.75, 3.05) is 0 Å². The molecule has 1 aromatic heterocycles. The van der Waals surface area contributed by atoms with E-state index in [-0.39, 0.29) is 11.7 Å². The van der Waals surface area contributed by atoms with Crippen LogP contribution in [0.1, 0.15) is 44.3 Å². The van der Waals surface area contributed by atoms with Gasteiger partial charge in [-0.25, -0.2) is 0 Å². The maximum absolute atomic E-state index is 12.8. The lowest BCUT2D eigenvalue weighted by molar-refractivity contribution is 0.0939. The molecule has 0 atom stereocenters. The molecule has 3 aromatic rings. The second kappa shape index (κ2) is 7.78. The van der Waals surface area contributed by atoms with Crippen molar-refractivity contribution in [1.82, 2.24) is 15.1 Å². The minimum atomic E-state index is -0.273. The Bertz CT molecular complexity index is 926. The van der Waals surface area contributed by atoms with Crippen LogP contribution in [0, 0.1) is 6.92 Å². The second-order valence-corrected chi connectivity index (χ2v) is 6.13. The van der Waals surface area contributed by atoms with E-state index in [9.17, 15) is 9.59 Å². The molecule has 1 amide bonds. The average molecular weight is 347 g/mol. The van der Waals surface area contributed by atoms with E-state index in [2.05, 4.69) is 10.4 Å². The average Bonchev–Trinajstić information content (AvgIpc) is 3.14. The summed E-state index contributed by atoms with van der Waals surface area (Å²) in [6.45, 7) is 5.12. The van der Waals surface area contributed by atoms with Crippen LogP contribution >= 0.6 is 0 Å². The van der Waals surface area contributed by atoms with Crippen LogP contribution in [0.2, 0.25) is 0 Å². The summed E-state index contributed by atoms with van der Waals surface area (Å²) in [5.41, 5.74) is 3.35. The molecule has 5 heteroatoms. The molecule has 2 aromatic carbocycles. The van der Waals surface area contributed by atoms with E-state index in [0.717, 1.165) is 17.7 Å².